The maximum Gasteiger partial charge on any atom is 0.173 e. The highest BCUT2D eigenvalue weighted by molar-refractivity contribution is 7.91. The van der Waals surface area contributed by atoms with Gasteiger partial charge in [-0.1, -0.05) is 23.7 Å². The number of hydrogen-bond donors (Lipinski definition) is 2. The van der Waals surface area contributed by atoms with Crippen molar-refractivity contribution < 1.29 is 18.4 Å². The van der Waals surface area contributed by atoms with E-state index in [1.165, 1.54) is 6.07 Å². The van der Waals surface area contributed by atoms with Crippen LogP contribution in [0.25, 0.3) is 0 Å². The lowest BCUT2D eigenvalue weighted by Crippen LogP contribution is -2.16. The molecule has 0 spiro atoms. The summed E-state index contributed by atoms with van der Waals surface area (Å²) in [7, 11) is -3.01. The molecule has 20 heavy (non-hydrogen) atoms. The number of hydrogen-bond acceptors (Lipinski definition) is 5. The summed E-state index contributed by atoms with van der Waals surface area (Å²) in [6, 6.07) is 4.68. The molecule has 0 aromatic heterocycles. The smallest absolute Gasteiger partial charge is 0.173 e. The SMILES string of the molecule is CCS(=O)(=O)CCCOc1cc(Cl)ccc1/C(N)=N/O. The van der Waals surface area contributed by atoms with Gasteiger partial charge in [0.2, 0.25) is 0 Å². The fourth-order valence-electron chi connectivity index (χ4n) is 1.49. The lowest BCUT2D eigenvalue weighted by molar-refractivity contribution is 0.311. The summed E-state index contributed by atoms with van der Waals surface area (Å²) in [6.07, 6.45) is 0.359. The van der Waals surface area contributed by atoms with Crippen LogP contribution in [0.3, 0.4) is 0 Å². The average Bonchev–Trinajstić information content (AvgIpc) is 2.43. The van der Waals surface area contributed by atoms with E-state index in [0.29, 0.717) is 22.8 Å². The minimum atomic E-state index is -3.01. The first-order valence-electron chi connectivity index (χ1n) is 6.00. The van der Waals surface area contributed by atoms with Gasteiger partial charge < -0.3 is 15.7 Å². The second kappa shape index (κ2) is 7.35. The largest absolute Gasteiger partial charge is 0.493 e. The van der Waals surface area contributed by atoms with Crippen LogP contribution in [-0.2, 0) is 9.84 Å². The molecule has 0 amide bonds. The molecule has 1 rings (SSSR count). The molecule has 8 heteroatoms. The summed E-state index contributed by atoms with van der Waals surface area (Å²) in [5, 5.41) is 12.0. The van der Waals surface area contributed by atoms with Crippen LogP contribution in [0.4, 0.5) is 0 Å². The van der Waals surface area contributed by atoms with Crippen molar-refractivity contribution in [1.29, 1.82) is 0 Å². The van der Waals surface area contributed by atoms with E-state index in [-0.39, 0.29) is 23.9 Å². The normalized spacial score (nSPS) is 12.4. The van der Waals surface area contributed by atoms with Gasteiger partial charge in [0.25, 0.3) is 0 Å². The topological polar surface area (TPSA) is 102 Å². The van der Waals surface area contributed by atoms with Gasteiger partial charge >= 0.3 is 0 Å². The van der Waals surface area contributed by atoms with Crippen molar-refractivity contribution in [3.05, 3.63) is 28.8 Å². The maximum absolute atomic E-state index is 11.3. The van der Waals surface area contributed by atoms with Gasteiger partial charge in [0.1, 0.15) is 15.6 Å². The molecule has 0 aliphatic carbocycles. The number of oxime groups is 1. The molecule has 1 aromatic rings. The van der Waals surface area contributed by atoms with Gasteiger partial charge in [0, 0.05) is 10.8 Å². The number of amidine groups is 1. The van der Waals surface area contributed by atoms with Crippen LogP contribution >= 0.6 is 11.6 Å². The summed E-state index contributed by atoms with van der Waals surface area (Å²) in [5.74, 6) is 0.419. The Morgan fingerprint density at radius 1 is 1.50 bits per heavy atom. The fraction of sp³-hybridized carbons (Fsp3) is 0.417. The van der Waals surface area contributed by atoms with Crippen molar-refractivity contribution >= 4 is 27.3 Å². The van der Waals surface area contributed by atoms with Gasteiger partial charge in [0.05, 0.1) is 17.9 Å². The lowest BCUT2D eigenvalue weighted by Gasteiger charge is -2.11. The van der Waals surface area contributed by atoms with E-state index in [4.69, 9.17) is 27.3 Å². The molecule has 3 N–H and O–H groups in total. The zero-order valence-electron chi connectivity index (χ0n) is 11.0. The van der Waals surface area contributed by atoms with Crippen LogP contribution in [0.2, 0.25) is 5.02 Å². The van der Waals surface area contributed by atoms with Crippen LogP contribution in [0.5, 0.6) is 5.75 Å². The third kappa shape index (κ3) is 4.90. The highest BCUT2D eigenvalue weighted by Gasteiger charge is 2.11. The molecule has 6 nitrogen and oxygen atoms in total. The van der Waals surface area contributed by atoms with Gasteiger partial charge in [-0.2, -0.15) is 0 Å². The molecular weight excluding hydrogens is 304 g/mol. The summed E-state index contributed by atoms with van der Waals surface area (Å²) < 4.78 is 28.1. The van der Waals surface area contributed by atoms with Gasteiger partial charge in [0.15, 0.2) is 5.84 Å². The summed E-state index contributed by atoms with van der Waals surface area (Å²) >= 11 is 5.85. The number of nitrogens with two attached hydrogens (primary N) is 1. The molecule has 0 saturated heterocycles. The molecule has 0 radical (unpaired) electrons. The number of rotatable bonds is 7. The zero-order chi connectivity index (χ0) is 15.2. The molecule has 0 fully saturated rings. The first-order chi connectivity index (χ1) is 9.39. The van der Waals surface area contributed by atoms with E-state index in [1.54, 1.807) is 19.1 Å². The third-order valence-corrected chi connectivity index (χ3v) is 4.65. The molecule has 0 atom stereocenters. The van der Waals surface area contributed by atoms with Crippen molar-refractivity contribution in [3.8, 4) is 5.75 Å². The Bertz CT molecular complexity index is 587. The minimum absolute atomic E-state index is 0.0585. The number of ether oxygens (including phenoxy) is 1. The first kappa shape index (κ1) is 16.6. The Morgan fingerprint density at radius 2 is 2.20 bits per heavy atom. The lowest BCUT2D eigenvalue weighted by atomic mass is 10.2. The van der Waals surface area contributed by atoms with Gasteiger partial charge in [-0.05, 0) is 24.6 Å². The third-order valence-electron chi connectivity index (χ3n) is 2.62. The quantitative estimate of drug-likeness (QED) is 0.261. The molecule has 0 bridgehead atoms. The van der Waals surface area contributed by atoms with Gasteiger partial charge in [-0.3, -0.25) is 0 Å². The fourth-order valence-corrected chi connectivity index (χ4v) is 2.49. The predicted molar refractivity (Wildman–Crippen MR) is 78.4 cm³/mol. The monoisotopic (exact) mass is 320 g/mol. The van der Waals surface area contributed by atoms with Crippen LogP contribution in [0.15, 0.2) is 23.4 Å². The molecule has 0 aliphatic rings. The summed E-state index contributed by atoms with van der Waals surface area (Å²) in [5.41, 5.74) is 5.92. The standard InChI is InChI=1S/C12H17ClN2O4S/c1-2-20(17,18)7-3-6-19-11-8-9(13)4-5-10(11)12(14)15-16/h4-5,8,16H,2-3,6-7H2,1H3,(H2,14,15). The Morgan fingerprint density at radius 3 is 2.80 bits per heavy atom. The van der Waals surface area contributed by atoms with Crippen LogP contribution < -0.4 is 10.5 Å². The van der Waals surface area contributed by atoms with Crippen molar-refractivity contribution in [2.45, 2.75) is 13.3 Å². The molecular formula is C12H17ClN2O4S. The Hall–Kier alpha value is -1.47. The molecule has 1 aromatic carbocycles. The van der Waals surface area contributed by atoms with E-state index in [2.05, 4.69) is 5.16 Å². The van der Waals surface area contributed by atoms with E-state index < -0.39 is 9.84 Å². The predicted octanol–water partition coefficient (Wildman–Crippen LogP) is 1.64. The second-order valence-electron chi connectivity index (χ2n) is 4.06. The molecule has 0 unspecified atom stereocenters. The van der Waals surface area contributed by atoms with Crippen molar-refractivity contribution in [2.24, 2.45) is 10.9 Å². The number of benzene rings is 1. The van der Waals surface area contributed by atoms with Crippen LogP contribution in [-0.4, -0.2) is 37.6 Å². The van der Waals surface area contributed by atoms with Gasteiger partial charge in [-0.25, -0.2) is 8.42 Å². The summed E-state index contributed by atoms with van der Waals surface area (Å²) in [6.45, 7) is 1.80. The van der Waals surface area contributed by atoms with Crippen LogP contribution in [0, 0.1) is 0 Å². The highest BCUT2D eigenvalue weighted by Crippen LogP contribution is 2.23. The first-order valence-corrected chi connectivity index (χ1v) is 8.20. The molecule has 0 saturated carbocycles. The van der Waals surface area contributed by atoms with Crippen LogP contribution in [0.1, 0.15) is 18.9 Å². The number of sulfone groups is 1. The van der Waals surface area contributed by atoms with E-state index in [9.17, 15) is 8.42 Å². The van der Waals surface area contributed by atoms with E-state index in [0.717, 1.165) is 0 Å². The Balaban J connectivity index is 2.70. The highest BCUT2D eigenvalue weighted by atomic mass is 35.5. The Kier molecular flexibility index (Phi) is 6.09. The number of nitrogens with zero attached hydrogens (tertiary/aromatic N) is 1. The van der Waals surface area contributed by atoms with Crippen molar-refractivity contribution in [3.63, 3.8) is 0 Å². The summed E-state index contributed by atoms with van der Waals surface area (Å²) in [4.78, 5) is 0. The Labute approximate surface area is 123 Å². The number of halogens is 1. The molecule has 0 heterocycles. The van der Waals surface area contributed by atoms with Gasteiger partial charge in [-0.15, -0.1) is 0 Å². The minimum Gasteiger partial charge on any atom is -0.493 e. The maximum atomic E-state index is 11.3. The van der Waals surface area contributed by atoms with Crippen molar-refractivity contribution in [1.82, 2.24) is 0 Å². The van der Waals surface area contributed by atoms with E-state index >= 15 is 0 Å². The second-order valence-corrected chi connectivity index (χ2v) is 6.97. The molecule has 112 valence electrons. The molecule has 0 aliphatic heterocycles. The van der Waals surface area contributed by atoms with E-state index in [1.807, 2.05) is 0 Å². The average molecular weight is 321 g/mol. The van der Waals surface area contributed by atoms with Crippen molar-refractivity contribution in [2.75, 3.05) is 18.1 Å². The zero-order valence-corrected chi connectivity index (χ0v) is 12.6.